The molecular weight excluding hydrogens is 510 g/mol. The van der Waals surface area contributed by atoms with E-state index in [4.69, 9.17) is 11.6 Å². The number of hydrogen-bond acceptors (Lipinski definition) is 5. The van der Waals surface area contributed by atoms with E-state index in [1.165, 1.54) is 36.0 Å². The number of halogens is 1. The summed E-state index contributed by atoms with van der Waals surface area (Å²) < 4.78 is 0. The van der Waals surface area contributed by atoms with Gasteiger partial charge >= 0.3 is 0 Å². The molecule has 0 aliphatic rings. The number of anilines is 2. The third-order valence-corrected chi connectivity index (χ3v) is 7.14. The van der Waals surface area contributed by atoms with Gasteiger partial charge in [-0.1, -0.05) is 54.1 Å². The fourth-order valence-electron chi connectivity index (χ4n) is 3.50. The third kappa shape index (κ3) is 6.75. The minimum absolute atomic E-state index is 0.155. The molecule has 0 aliphatic carbocycles. The molecule has 1 unspecified atom stereocenters. The van der Waals surface area contributed by atoms with Crippen LogP contribution in [0, 0.1) is 17.0 Å². The van der Waals surface area contributed by atoms with Gasteiger partial charge < -0.3 is 10.6 Å². The lowest BCUT2D eigenvalue weighted by atomic mass is 10.1. The van der Waals surface area contributed by atoms with Gasteiger partial charge in [-0.2, -0.15) is 0 Å². The van der Waals surface area contributed by atoms with Crippen molar-refractivity contribution in [1.29, 1.82) is 0 Å². The Balaban J connectivity index is 1.48. The normalized spacial score (nSPS) is 11.4. The van der Waals surface area contributed by atoms with Gasteiger partial charge in [-0.15, -0.1) is 11.8 Å². The Labute approximate surface area is 223 Å². The minimum Gasteiger partial charge on any atom is -0.325 e. The summed E-state index contributed by atoms with van der Waals surface area (Å²) >= 11 is 7.59. The first kappa shape index (κ1) is 25.9. The summed E-state index contributed by atoms with van der Waals surface area (Å²) in [7, 11) is 0. The topological polar surface area (TPSA) is 101 Å². The number of carbonyl (C=O) groups is 2. The SMILES string of the molecule is Cc1ccc(NC(=O)C(Sc2ccc(NC(=O)c3cccc([N+](=O)[O-])c3)cc2)c2ccccc2)cc1Cl. The molecule has 0 aromatic heterocycles. The Morgan fingerprint density at radius 3 is 2.24 bits per heavy atom. The first-order valence-electron chi connectivity index (χ1n) is 11.2. The maximum Gasteiger partial charge on any atom is 0.270 e. The van der Waals surface area contributed by atoms with Gasteiger partial charge in [0, 0.05) is 39.0 Å². The quantitative estimate of drug-likeness (QED) is 0.141. The highest BCUT2D eigenvalue weighted by Gasteiger charge is 2.22. The van der Waals surface area contributed by atoms with Crippen LogP contribution in [0.1, 0.15) is 26.7 Å². The van der Waals surface area contributed by atoms with Crippen molar-refractivity contribution in [2.45, 2.75) is 17.1 Å². The summed E-state index contributed by atoms with van der Waals surface area (Å²) in [6, 6.07) is 27.4. The Hall–Kier alpha value is -4.14. The zero-order valence-corrected chi connectivity index (χ0v) is 21.3. The Morgan fingerprint density at radius 2 is 1.57 bits per heavy atom. The second kappa shape index (κ2) is 11.7. The van der Waals surface area contributed by atoms with Crippen molar-refractivity contribution >= 4 is 52.2 Å². The van der Waals surface area contributed by atoms with Crippen LogP contribution in [-0.2, 0) is 4.79 Å². The first-order valence-corrected chi connectivity index (χ1v) is 12.5. The van der Waals surface area contributed by atoms with Crippen LogP contribution in [-0.4, -0.2) is 16.7 Å². The summed E-state index contributed by atoms with van der Waals surface area (Å²) in [6.45, 7) is 1.90. The van der Waals surface area contributed by atoms with Crippen LogP contribution < -0.4 is 10.6 Å². The molecule has 2 N–H and O–H groups in total. The van der Waals surface area contributed by atoms with E-state index in [0.29, 0.717) is 16.4 Å². The third-order valence-electron chi connectivity index (χ3n) is 5.47. The maximum absolute atomic E-state index is 13.3. The summed E-state index contributed by atoms with van der Waals surface area (Å²) in [5.74, 6) is -0.651. The second-order valence-corrected chi connectivity index (χ2v) is 9.73. The van der Waals surface area contributed by atoms with Crippen LogP contribution in [0.5, 0.6) is 0 Å². The number of benzene rings is 4. The fourth-order valence-corrected chi connectivity index (χ4v) is 4.70. The number of carbonyl (C=O) groups excluding carboxylic acids is 2. The number of thioether (sulfide) groups is 1. The van der Waals surface area contributed by atoms with E-state index >= 15 is 0 Å². The smallest absolute Gasteiger partial charge is 0.270 e. The number of nitrogens with one attached hydrogen (secondary N) is 2. The largest absolute Gasteiger partial charge is 0.325 e. The molecule has 7 nitrogen and oxygen atoms in total. The molecule has 4 rings (SSSR count). The molecule has 186 valence electrons. The molecule has 4 aromatic carbocycles. The van der Waals surface area contributed by atoms with Crippen LogP contribution in [0.4, 0.5) is 17.1 Å². The molecule has 0 spiro atoms. The van der Waals surface area contributed by atoms with E-state index in [1.54, 1.807) is 30.3 Å². The van der Waals surface area contributed by atoms with Gasteiger partial charge in [0.05, 0.1) is 4.92 Å². The summed E-state index contributed by atoms with van der Waals surface area (Å²) in [4.78, 5) is 37.1. The first-order chi connectivity index (χ1) is 17.8. The highest BCUT2D eigenvalue weighted by atomic mass is 35.5. The second-order valence-electron chi connectivity index (χ2n) is 8.15. The predicted molar refractivity (Wildman–Crippen MR) is 147 cm³/mol. The highest BCUT2D eigenvalue weighted by Crippen LogP contribution is 2.37. The van der Waals surface area contributed by atoms with E-state index in [0.717, 1.165) is 16.0 Å². The van der Waals surface area contributed by atoms with Crippen LogP contribution >= 0.6 is 23.4 Å². The monoisotopic (exact) mass is 531 g/mol. The van der Waals surface area contributed by atoms with Crippen molar-refractivity contribution in [1.82, 2.24) is 0 Å². The lowest BCUT2D eigenvalue weighted by molar-refractivity contribution is -0.384. The van der Waals surface area contributed by atoms with E-state index in [2.05, 4.69) is 10.6 Å². The van der Waals surface area contributed by atoms with Gasteiger partial charge in [0.2, 0.25) is 5.91 Å². The predicted octanol–water partition coefficient (Wildman–Crippen LogP) is 7.28. The van der Waals surface area contributed by atoms with Gasteiger partial charge in [-0.3, -0.25) is 19.7 Å². The lowest BCUT2D eigenvalue weighted by Crippen LogP contribution is -2.19. The molecule has 0 fully saturated rings. The van der Waals surface area contributed by atoms with Gasteiger partial charge in [0.15, 0.2) is 0 Å². The van der Waals surface area contributed by atoms with E-state index in [1.807, 2.05) is 49.4 Å². The molecule has 37 heavy (non-hydrogen) atoms. The Kier molecular flexibility index (Phi) is 8.22. The number of nitrogens with zero attached hydrogens (tertiary/aromatic N) is 1. The Morgan fingerprint density at radius 1 is 0.865 bits per heavy atom. The zero-order valence-electron chi connectivity index (χ0n) is 19.7. The number of nitro groups is 1. The molecular formula is C28H22ClN3O4S. The van der Waals surface area contributed by atoms with Gasteiger partial charge in [-0.25, -0.2) is 0 Å². The number of non-ortho nitro benzene ring substituents is 1. The molecule has 0 aliphatic heterocycles. The van der Waals surface area contributed by atoms with Gasteiger partial charge in [-0.05, 0) is 60.5 Å². The van der Waals surface area contributed by atoms with Crippen molar-refractivity contribution in [3.63, 3.8) is 0 Å². The zero-order chi connectivity index (χ0) is 26.4. The average molecular weight is 532 g/mol. The fraction of sp³-hybridized carbons (Fsp3) is 0.0714. The highest BCUT2D eigenvalue weighted by molar-refractivity contribution is 8.00. The number of nitro benzene ring substituents is 1. The summed E-state index contributed by atoms with van der Waals surface area (Å²) in [5.41, 5.74) is 2.93. The van der Waals surface area contributed by atoms with Gasteiger partial charge in [0.25, 0.3) is 11.6 Å². The van der Waals surface area contributed by atoms with Crippen molar-refractivity contribution < 1.29 is 14.5 Å². The van der Waals surface area contributed by atoms with Crippen LogP contribution in [0.25, 0.3) is 0 Å². The van der Waals surface area contributed by atoms with Crippen LogP contribution in [0.2, 0.25) is 5.02 Å². The van der Waals surface area contributed by atoms with Gasteiger partial charge in [0.1, 0.15) is 5.25 Å². The lowest BCUT2D eigenvalue weighted by Gasteiger charge is -2.18. The average Bonchev–Trinajstić information content (AvgIpc) is 2.90. The summed E-state index contributed by atoms with van der Waals surface area (Å²) in [6.07, 6.45) is 0. The van der Waals surface area contributed by atoms with E-state index < -0.39 is 16.1 Å². The minimum atomic E-state index is -0.546. The molecule has 0 saturated carbocycles. The number of hydrogen-bond donors (Lipinski definition) is 2. The molecule has 2 amide bonds. The number of aryl methyl sites for hydroxylation is 1. The van der Waals surface area contributed by atoms with Crippen LogP contribution in [0.15, 0.2) is 102 Å². The van der Waals surface area contributed by atoms with E-state index in [-0.39, 0.29) is 17.2 Å². The Bertz CT molecular complexity index is 1450. The molecule has 0 radical (unpaired) electrons. The van der Waals surface area contributed by atoms with Crippen LogP contribution in [0.3, 0.4) is 0 Å². The molecule has 1 atom stereocenters. The maximum atomic E-state index is 13.3. The number of amides is 2. The van der Waals surface area contributed by atoms with Crippen molar-refractivity contribution in [2.24, 2.45) is 0 Å². The summed E-state index contributed by atoms with van der Waals surface area (Å²) in [5, 5.41) is 16.7. The standard InChI is InChI=1S/C28H22ClN3O4S/c1-18-10-11-22(17-25(18)29)31-28(34)26(19-6-3-2-4-7-19)37-24-14-12-21(13-15-24)30-27(33)20-8-5-9-23(16-20)32(35)36/h2-17,26H,1H3,(H,30,33)(H,31,34). The van der Waals surface area contributed by atoms with Crippen molar-refractivity contribution in [3.8, 4) is 0 Å². The molecule has 9 heteroatoms. The molecule has 0 bridgehead atoms. The molecule has 4 aromatic rings. The van der Waals surface area contributed by atoms with Crippen molar-refractivity contribution in [3.05, 3.63) is 129 Å². The van der Waals surface area contributed by atoms with Crippen molar-refractivity contribution in [2.75, 3.05) is 10.6 Å². The number of rotatable bonds is 8. The molecule has 0 saturated heterocycles. The van der Waals surface area contributed by atoms with E-state index in [9.17, 15) is 19.7 Å². The molecule has 0 heterocycles.